The first-order chi connectivity index (χ1) is 11.7. The van der Waals surface area contributed by atoms with Crippen LogP contribution in [0.3, 0.4) is 0 Å². The molecule has 0 bridgehead atoms. The summed E-state index contributed by atoms with van der Waals surface area (Å²) in [5, 5.41) is 0. The van der Waals surface area contributed by atoms with Gasteiger partial charge in [-0.15, -0.1) is 0 Å². The van der Waals surface area contributed by atoms with Crippen molar-refractivity contribution in [3.8, 4) is 5.75 Å². The Hall–Kier alpha value is -1.65. The Kier molecular flexibility index (Phi) is 6.42. The van der Waals surface area contributed by atoms with Gasteiger partial charge in [-0.25, -0.2) is 0 Å². The van der Waals surface area contributed by atoms with Gasteiger partial charge in [-0.05, 0) is 28.8 Å². The second kappa shape index (κ2) is 8.15. The fourth-order valence-corrected chi connectivity index (χ4v) is 3.33. The van der Waals surface area contributed by atoms with Crippen molar-refractivity contribution >= 4 is 7.60 Å². The average Bonchev–Trinajstić information content (AvgIpc) is 2.55. The van der Waals surface area contributed by atoms with Crippen molar-refractivity contribution in [1.82, 2.24) is 0 Å². The lowest BCUT2D eigenvalue weighted by molar-refractivity contribution is 0.146. The van der Waals surface area contributed by atoms with Crippen molar-refractivity contribution in [3.05, 3.63) is 65.2 Å². The molecule has 0 amide bonds. The van der Waals surface area contributed by atoms with Gasteiger partial charge in [-0.1, -0.05) is 50.2 Å². The summed E-state index contributed by atoms with van der Waals surface area (Å²) >= 11 is 0. The topological polar surface area (TPSA) is 76.0 Å². The maximum atomic E-state index is 11.1. The van der Waals surface area contributed by atoms with Gasteiger partial charge in [0.1, 0.15) is 12.4 Å². The molecule has 0 atom stereocenters. The average molecular weight is 364 g/mol. The largest absolute Gasteiger partial charge is 0.491 e. The molecule has 0 saturated heterocycles. The molecule has 0 fully saturated rings. The Bertz CT molecular complexity index is 716. The van der Waals surface area contributed by atoms with E-state index in [0.717, 1.165) is 16.9 Å². The van der Waals surface area contributed by atoms with Crippen LogP contribution >= 0.6 is 7.60 Å². The molecule has 0 spiro atoms. The van der Waals surface area contributed by atoms with Crippen LogP contribution < -0.4 is 4.74 Å². The van der Waals surface area contributed by atoms with Crippen LogP contribution in [0.2, 0.25) is 0 Å². The molecular weight excluding hydrogens is 339 g/mol. The molecule has 0 aliphatic carbocycles. The summed E-state index contributed by atoms with van der Waals surface area (Å²) in [7, 11) is -2.40. The monoisotopic (exact) mass is 364 g/mol. The lowest BCUT2D eigenvalue weighted by Crippen LogP contribution is -2.18. The zero-order valence-electron chi connectivity index (χ0n) is 14.8. The molecule has 2 aromatic carbocycles. The van der Waals surface area contributed by atoms with Crippen LogP contribution in [0.15, 0.2) is 48.5 Å². The van der Waals surface area contributed by atoms with Crippen molar-refractivity contribution in [3.63, 3.8) is 0 Å². The highest BCUT2D eigenvalue weighted by molar-refractivity contribution is 7.50. The quantitative estimate of drug-likeness (QED) is 0.552. The van der Waals surface area contributed by atoms with Crippen molar-refractivity contribution in [2.45, 2.75) is 25.4 Å². The van der Waals surface area contributed by atoms with Crippen LogP contribution in [-0.2, 0) is 20.9 Å². The van der Waals surface area contributed by atoms with E-state index in [2.05, 4.69) is 13.8 Å². The Balaban J connectivity index is 2.13. The van der Waals surface area contributed by atoms with Gasteiger partial charge in [0.05, 0.1) is 12.8 Å². The summed E-state index contributed by atoms with van der Waals surface area (Å²) in [6, 6.07) is 15.3. The van der Waals surface area contributed by atoms with E-state index in [1.54, 1.807) is 19.2 Å². The summed E-state index contributed by atoms with van der Waals surface area (Å²) in [5.74, 6) is 0.800. The minimum absolute atomic E-state index is 0.230. The molecule has 0 aliphatic heterocycles. The molecule has 0 heterocycles. The van der Waals surface area contributed by atoms with E-state index in [9.17, 15) is 4.57 Å². The van der Waals surface area contributed by atoms with E-state index in [1.807, 2.05) is 36.4 Å². The third-order valence-electron chi connectivity index (χ3n) is 4.20. The molecule has 0 saturated carbocycles. The zero-order valence-corrected chi connectivity index (χ0v) is 15.7. The highest BCUT2D eigenvalue weighted by Crippen LogP contribution is 2.39. The number of methoxy groups -OCH3 is 1. The molecule has 136 valence electrons. The summed E-state index contributed by atoms with van der Waals surface area (Å²) < 4.78 is 21.7. The molecule has 0 radical (unpaired) electrons. The minimum atomic E-state index is -4.04. The van der Waals surface area contributed by atoms with Gasteiger partial charge in [0.15, 0.2) is 0 Å². The normalized spacial score (nSPS) is 12.2. The highest BCUT2D eigenvalue weighted by Gasteiger charge is 2.23. The fourth-order valence-electron chi connectivity index (χ4n) is 2.64. The molecule has 0 aliphatic rings. The summed E-state index contributed by atoms with van der Waals surface area (Å²) in [5.41, 5.74) is 2.62. The van der Waals surface area contributed by atoms with Crippen molar-refractivity contribution in [1.29, 1.82) is 0 Å². The van der Waals surface area contributed by atoms with Crippen molar-refractivity contribution in [2.75, 3.05) is 20.3 Å². The Morgan fingerprint density at radius 1 is 0.920 bits per heavy atom. The van der Waals surface area contributed by atoms with E-state index < -0.39 is 7.60 Å². The van der Waals surface area contributed by atoms with E-state index in [4.69, 9.17) is 19.3 Å². The SMILES string of the molecule is COCCOc1ccc(C(C)(C)c2ccc(CP(=O)(O)O)cc2)cc1. The second-order valence-corrected chi connectivity index (χ2v) is 8.16. The summed E-state index contributed by atoms with van der Waals surface area (Å²) in [4.78, 5) is 18.1. The first kappa shape index (κ1) is 19.7. The molecule has 0 aromatic heterocycles. The lowest BCUT2D eigenvalue weighted by atomic mass is 9.78. The van der Waals surface area contributed by atoms with Gasteiger partial charge >= 0.3 is 7.60 Å². The van der Waals surface area contributed by atoms with Gasteiger partial charge < -0.3 is 19.3 Å². The smallest absolute Gasteiger partial charge is 0.329 e. The van der Waals surface area contributed by atoms with Crippen LogP contribution in [0.5, 0.6) is 5.75 Å². The van der Waals surface area contributed by atoms with Gasteiger partial charge in [0.25, 0.3) is 0 Å². The summed E-state index contributed by atoms with van der Waals surface area (Å²) in [6.45, 7) is 5.30. The van der Waals surface area contributed by atoms with E-state index in [1.165, 1.54) is 0 Å². The molecular formula is C19H25O5P. The number of rotatable bonds is 8. The van der Waals surface area contributed by atoms with Gasteiger partial charge in [0.2, 0.25) is 0 Å². The van der Waals surface area contributed by atoms with Crippen LogP contribution in [-0.4, -0.2) is 30.1 Å². The number of hydrogen-bond acceptors (Lipinski definition) is 3. The third kappa shape index (κ3) is 5.68. The predicted octanol–water partition coefficient (Wildman–Crippen LogP) is 3.72. The number of hydrogen-bond donors (Lipinski definition) is 2. The standard InChI is InChI=1S/C19H25O5P/c1-19(2,16-6-4-15(5-7-16)14-25(20,21)22)17-8-10-18(11-9-17)24-13-12-23-3/h4-11H,12-14H2,1-3H3,(H2,20,21,22). The van der Waals surface area contributed by atoms with Gasteiger partial charge in [-0.2, -0.15) is 0 Å². The lowest BCUT2D eigenvalue weighted by Gasteiger charge is -2.26. The number of benzene rings is 2. The van der Waals surface area contributed by atoms with Gasteiger partial charge in [0, 0.05) is 12.5 Å². The van der Waals surface area contributed by atoms with Crippen molar-refractivity contribution in [2.24, 2.45) is 0 Å². The summed E-state index contributed by atoms with van der Waals surface area (Å²) in [6.07, 6.45) is -0.235. The molecule has 0 unspecified atom stereocenters. The third-order valence-corrected chi connectivity index (χ3v) is 4.97. The molecule has 2 aromatic rings. The maximum absolute atomic E-state index is 11.1. The first-order valence-electron chi connectivity index (χ1n) is 8.08. The maximum Gasteiger partial charge on any atom is 0.329 e. The Morgan fingerprint density at radius 2 is 1.44 bits per heavy atom. The zero-order chi connectivity index (χ0) is 18.5. The van der Waals surface area contributed by atoms with Crippen LogP contribution in [0, 0.1) is 0 Å². The molecule has 2 rings (SSSR count). The van der Waals surface area contributed by atoms with E-state index >= 15 is 0 Å². The molecule has 6 heteroatoms. The highest BCUT2D eigenvalue weighted by atomic mass is 31.2. The Morgan fingerprint density at radius 3 is 1.92 bits per heavy atom. The van der Waals surface area contributed by atoms with Crippen molar-refractivity contribution < 1.29 is 23.8 Å². The van der Waals surface area contributed by atoms with Crippen LogP contribution in [0.1, 0.15) is 30.5 Å². The molecule has 25 heavy (non-hydrogen) atoms. The predicted molar refractivity (Wildman–Crippen MR) is 98.1 cm³/mol. The fraction of sp³-hybridized carbons (Fsp3) is 0.368. The van der Waals surface area contributed by atoms with Crippen LogP contribution in [0.4, 0.5) is 0 Å². The number of ether oxygens (including phenoxy) is 2. The minimum Gasteiger partial charge on any atom is -0.491 e. The van der Waals surface area contributed by atoms with Gasteiger partial charge in [-0.3, -0.25) is 4.57 Å². The van der Waals surface area contributed by atoms with E-state index in [0.29, 0.717) is 18.8 Å². The second-order valence-electron chi connectivity index (χ2n) is 6.51. The Labute approximate surface area is 148 Å². The molecule has 5 nitrogen and oxygen atoms in total. The van der Waals surface area contributed by atoms with Crippen LogP contribution in [0.25, 0.3) is 0 Å². The van der Waals surface area contributed by atoms with E-state index in [-0.39, 0.29) is 11.6 Å². The first-order valence-corrected chi connectivity index (χ1v) is 9.88. The molecule has 2 N–H and O–H groups in total.